The van der Waals surface area contributed by atoms with Gasteiger partial charge in [0, 0.05) is 23.5 Å². The summed E-state index contributed by atoms with van der Waals surface area (Å²) in [6.45, 7) is 2.09. The Labute approximate surface area is 142 Å². The summed E-state index contributed by atoms with van der Waals surface area (Å²) in [5.41, 5.74) is 6.05. The van der Waals surface area contributed by atoms with Gasteiger partial charge >= 0.3 is 0 Å². The van der Waals surface area contributed by atoms with Gasteiger partial charge in [0.05, 0.1) is 0 Å². The quantitative estimate of drug-likeness (QED) is 0.431. The third kappa shape index (κ3) is 3.69. The summed E-state index contributed by atoms with van der Waals surface area (Å²) in [6.07, 6.45) is 5.26. The Morgan fingerprint density at radius 2 is 1.75 bits per heavy atom. The van der Waals surface area contributed by atoms with Crippen molar-refractivity contribution in [2.24, 2.45) is 5.16 Å². The highest BCUT2D eigenvalue weighted by atomic mass is 16.4. The van der Waals surface area contributed by atoms with E-state index >= 15 is 0 Å². The third-order valence-corrected chi connectivity index (χ3v) is 4.11. The largest absolute Gasteiger partial charge is 0.410 e. The smallest absolute Gasteiger partial charge is 0.118 e. The fraction of sp³-hybridized carbons (Fsp3) is 0.143. The molecule has 3 aromatic rings. The molecule has 0 aliphatic carbocycles. The molecule has 3 nitrogen and oxygen atoms in total. The topological polar surface area (TPSA) is 45.5 Å². The summed E-state index contributed by atoms with van der Waals surface area (Å²) >= 11 is 0. The molecule has 1 N–H and O–H groups in total. The van der Waals surface area contributed by atoms with Crippen molar-refractivity contribution >= 4 is 5.71 Å². The van der Waals surface area contributed by atoms with Gasteiger partial charge < -0.3 is 5.21 Å². The highest BCUT2D eigenvalue weighted by molar-refractivity contribution is 6.13. The lowest BCUT2D eigenvalue weighted by molar-refractivity contribution is 0.319. The second-order valence-electron chi connectivity index (χ2n) is 5.83. The minimum Gasteiger partial charge on any atom is -0.410 e. The summed E-state index contributed by atoms with van der Waals surface area (Å²) < 4.78 is 0. The Kier molecular flexibility index (Phi) is 5.02. The van der Waals surface area contributed by atoms with Crippen LogP contribution in [-0.2, 0) is 12.8 Å². The molecular weight excluding hydrogens is 296 g/mol. The fourth-order valence-electron chi connectivity index (χ4n) is 2.77. The first-order valence-corrected chi connectivity index (χ1v) is 8.04. The van der Waals surface area contributed by atoms with Gasteiger partial charge in [-0.15, -0.1) is 0 Å². The maximum Gasteiger partial charge on any atom is 0.118 e. The molecule has 24 heavy (non-hydrogen) atoms. The lowest BCUT2D eigenvalue weighted by Crippen LogP contribution is -2.08. The van der Waals surface area contributed by atoms with Gasteiger partial charge in [0.2, 0.25) is 0 Å². The average molecular weight is 316 g/mol. The highest BCUT2D eigenvalue weighted by Crippen LogP contribution is 2.17. The minimum atomic E-state index is 0.558. The highest BCUT2D eigenvalue weighted by Gasteiger charge is 2.12. The molecule has 0 saturated carbocycles. The van der Waals surface area contributed by atoms with Crippen LogP contribution in [-0.4, -0.2) is 15.9 Å². The number of oxime groups is 1. The van der Waals surface area contributed by atoms with E-state index in [9.17, 15) is 5.21 Å². The van der Waals surface area contributed by atoms with Crippen LogP contribution in [0, 0.1) is 6.92 Å². The van der Waals surface area contributed by atoms with Crippen molar-refractivity contribution in [1.82, 2.24) is 4.98 Å². The van der Waals surface area contributed by atoms with Gasteiger partial charge in [-0.05, 0) is 43.0 Å². The molecule has 0 saturated heterocycles. The Balaban J connectivity index is 1.86. The van der Waals surface area contributed by atoms with Crippen LogP contribution in [0.3, 0.4) is 0 Å². The zero-order chi connectivity index (χ0) is 16.8. The van der Waals surface area contributed by atoms with Gasteiger partial charge in [-0.25, -0.2) is 0 Å². The van der Waals surface area contributed by atoms with E-state index in [4.69, 9.17) is 0 Å². The van der Waals surface area contributed by atoms with E-state index in [0.29, 0.717) is 5.71 Å². The molecule has 1 heterocycles. The average Bonchev–Trinajstić information content (AvgIpc) is 2.64. The van der Waals surface area contributed by atoms with Crippen molar-refractivity contribution in [1.29, 1.82) is 0 Å². The molecule has 1 aromatic heterocycles. The van der Waals surface area contributed by atoms with E-state index in [1.165, 1.54) is 11.1 Å². The molecule has 120 valence electrons. The molecule has 0 bridgehead atoms. The van der Waals surface area contributed by atoms with Crippen molar-refractivity contribution in [3.05, 3.63) is 101 Å². The predicted molar refractivity (Wildman–Crippen MR) is 96.7 cm³/mol. The van der Waals surface area contributed by atoms with Crippen molar-refractivity contribution < 1.29 is 5.21 Å². The van der Waals surface area contributed by atoms with Crippen LogP contribution in [0.4, 0.5) is 0 Å². The summed E-state index contributed by atoms with van der Waals surface area (Å²) in [6, 6.07) is 20.4. The molecule has 0 aliphatic heterocycles. The number of hydrogen-bond donors (Lipinski definition) is 1. The van der Waals surface area contributed by atoms with E-state index in [1.54, 1.807) is 12.4 Å². The molecule has 0 unspecified atom stereocenters. The Morgan fingerprint density at radius 1 is 0.958 bits per heavy atom. The van der Waals surface area contributed by atoms with Gasteiger partial charge in [0.25, 0.3) is 0 Å². The summed E-state index contributed by atoms with van der Waals surface area (Å²) in [5, 5.41) is 13.1. The Hall–Kier alpha value is -2.94. The van der Waals surface area contributed by atoms with E-state index < -0.39 is 0 Å². The van der Waals surface area contributed by atoms with Crippen molar-refractivity contribution in [2.45, 2.75) is 19.8 Å². The first-order valence-electron chi connectivity index (χ1n) is 8.04. The first kappa shape index (κ1) is 15.9. The molecule has 3 heteroatoms. The van der Waals surface area contributed by atoms with Crippen LogP contribution in [0.2, 0.25) is 0 Å². The number of hydrogen-bond acceptors (Lipinski definition) is 3. The van der Waals surface area contributed by atoms with Crippen LogP contribution in [0.25, 0.3) is 0 Å². The summed E-state index contributed by atoms with van der Waals surface area (Å²) in [7, 11) is 0. The number of nitrogens with zero attached hydrogens (tertiary/aromatic N) is 2. The van der Waals surface area contributed by atoms with Gasteiger partial charge in [-0.3, -0.25) is 4.98 Å². The molecule has 0 fully saturated rings. The zero-order valence-corrected chi connectivity index (χ0v) is 13.7. The number of pyridine rings is 1. The Morgan fingerprint density at radius 3 is 2.46 bits per heavy atom. The van der Waals surface area contributed by atoms with Crippen LogP contribution >= 0.6 is 0 Å². The number of benzene rings is 2. The minimum absolute atomic E-state index is 0.558. The van der Waals surface area contributed by atoms with Crippen LogP contribution in [0.1, 0.15) is 27.8 Å². The lowest BCUT2D eigenvalue weighted by Gasteiger charge is -2.11. The van der Waals surface area contributed by atoms with Crippen molar-refractivity contribution in [2.75, 3.05) is 0 Å². The predicted octanol–water partition coefficient (Wildman–Crippen LogP) is 4.40. The van der Waals surface area contributed by atoms with Gasteiger partial charge in [0.15, 0.2) is 0 Å². The number of aromatic nitrogens is 1. The van der Waals surface area contributed by atoms with Crippen molar-refractivity contribution in [3.63, 3.8) is 0 Å². The van der Waals surface area contributed by atoms with Gasteiger partial charge in [0.1, 0.15) is 5.71 Å². The monoisotopic (exact) mass is 316 g/mol. The summed E-state index contributed by atoms with van der Waals surface area (Å²) in [4.78, 5) is 4.12. The lowest BCUT2D eigenvalue weighted by atomic mass is 9.94. The van der Waals surface area contributed by atoms with Crippen LogP contribution in [0.5, 0.6) is 0 Å². The zero-order valence-electron chi connectivity index (χ0n) is 13.7. The van der Waals surface area contributed by atoms with Gasteiger partial charge in [-0.1, -0.05) is 59.3 Å². The fourth-order valence-corrected chi connectivity index (χ4v) is 2.77. The van der Waals surface area contributed by atoms with Crippen molar-refractivity contribution in [3.8, 4) is 0 Å². The maximum atomic E-state index is 9.53. The molecule has 3 rings (SSSR count). The SMILES string of the molecule is Cc1ccc(CCc2ccccc2C(=NO)c2cccnc2)cc1. The molecule has 2 aromatic carbocycles. The van der Waals surface area contributed by atoms with Crippen LogP contribution < -0.4 is 0 Å². The third-order valence-electron chi connectivity index (χ3n) is 4.11. The second-order valence-corrected chi connectivity index (χ2v) is 5.83. The molecular formula is C21H20N2O. The van der Waals surface area contributed by atoms with E-state index in [2.05, 4.69) is 47.4 Å². The summed E-state index contributed by atoms with van der Waals surface area (Å²) in [5.74, 6) is 0. The molecule has 0 amide bonds. The molecule has 0 spiro atoms. The molecule has 0 atom stereocenters. The van der Waals surface area contributed by atoms with E-state index in [-0.39, 0.29) is 0 Å². The second kappa shape index (κ2) is 7.55. The molecule has 0 aliphatic rings. The van der Waals surface area contributed by atoms with Gasteiger partial charge in [-0.2, -0.15) is 0 Å². The molecule has 0 radical (unpaired) electrons. The Bertz CT molecular complexity index is 824. The maximum absolute atomic E-state index is 9.53. The standard InChI is InChI=1S/C21H20N2O/c1-16-8-10-17(11-9-16)12-13-18-5-2-3-7-20(18)21(23-24)19-6-4-14-22-15-19/h2-11,14-15,24H,12-13H2,1H3. The number of rotatable bonds is 5. The van der Waals surface area contributed by atoms with Crippen LogP contribution in [0.15, 0.2) is 78.2 Å². The van der Waals surface area contributed by atoms with E-state index in [1.807, 2.05) is 30.3 Å². The van der Waals surface area contributed by atoms with E-state index in [0.717, 1.165) is 29.5 Å². The normalized spacial score (nSPS) is 11.5. The number of aryl methyl sites for hydroxylation is 3. The first-order chi connectivity index (χ1) is 11.8.